The maximum atomic E-state index is 12.7. The predicted octanol–water partition coefficient (Wildman–Crippen LogP) is 3.22. The summed E-state index contributed by atoms with van der Waals surface area (Å²) in [5, 5.41) is 3.46. The van der Waals surface area contributed by atoms with Crippen molar-refractivity contribution < 1.29 is 22.7 Å². The third kappa shape index (κ3) is 5.99. The van der Waals surface area contributed by atoms with Crippen LogP contribution >= 0.6 is 11.6 Å². The van der Waals surface area contributed by atoms with Crippen molar-refractivity contribution >= 4 is 33.5 Å². The highest BCUT2D eigenvalue weighted by Gasteiger charge is 2.33. The molecule has 1 N–H and O–H groups in total. The summed E-state index contributed by atoms with van der Waals surface area (Å²) in [6.45, 7) is 4.51. The van der Waals surface area contributed by atoms with Crippen LogP contribution in [0.15, 0.2) is 29.2 Å². The van der Waals surface area contributed by atoms with E-state index in [9.17, 15) is 18.0 Å². The van der Waals surface area contributed by atoms with Gasteiger partial charge in [-0.2, -0.15) is 4.31 Å². The molecule has 1 saturated heterocycles. The molecule has 0 aromatic heterocycles. The number of piperidine rings is 1. The minimum atomic E-state index is -3.62. The molecule has 0 bridgehead atoms. The number of nitrogens with zero attached hydrogens (tertiary/aromatic N) is 1. The number of halogens is 1. The summed E-state index contributed by atoms with van der Waals surface area (Å²) in [5.41, 5.74) is 0. The number of ether oxygens (including phenoxy) is 1. The van der Waals surface area contributed by atoms with Gasteiger partial charge >= 0.3 is 5.97 Å². The van der Waals surface area contributed by atoms with Crippen LogP contribution in [0.2, 0.25) is 5.02 Å². The first-order chi connectivity index (χ1) is 14.7. The quantitative estimate of drug-likeness (QED) is 0.644. The van der Waals surface area contributed by atoms with Gasteiger partial charge in [0, 0.05) is 24.2 Å². The molecule has 1 saturated carbocycles. The molecule has 0 spiro atoms. The number of carbonyl (C=O) groups excluding carboxylic acids is 2. The molecule has 0 radical (unpaired) electrons. The molecular weight excluding hydrogens is 440 g/mol. The average molecular weight is 471 g/mol. The van der Waals surface area contributed by atoms with Crippen molar-refractivity contribution in [3.8, 4) is 0 Å². The third-order valence-corrected chi connectivity index (χ3v) is 8.80. The largest absolute Gasteiger partial charge is 0.455 e. The average Bonchev–Trinajstić information content (AvgIpc) is 2.75. The van der Waals surface area contributed by atoms with E-state index in [0.29, 0.717) is 29.7 Å². The van der Waals surface area contributed by atoms with E-state index < -0.39 is 21.9 Å². The van der Waals surface area contributed by atoms with E-state index in [0.717, 1.165) is 12.8 Å². The predicted molar refractivity (Wildman–Crippen MR) is 118 cm³/mol. The van der Waals surface area contributed by atoms with Gasteiger partial charge < -0.3 is 10.1 Å². The monoisotopic (exact) mass is 470 g/mol. The fourth-order valence-electron chi connectivity index (χ4n) is 4.38. The second kappa shape index (κ2) is 10.3. The first kappa shape index (κ1) is 24.0. The minimum Gasteiger partial charge on any atom is -0.455 e. The van der Waals surface area contributed by atoms with Crippen LogP contribution in [0.25, 0.3) is 0 Å². The van der Waals surface area contributed by atoms with Crippen molar-refractivity contribution in [3.05, 3.63) is 29.3 Å². The number of nitrogens with one attached hydrogen (secondary N) is 1. The molecule has 1 aromatic rings. The van der Waals surface area contributed by atoms with Crippen LogP contribution in [0.5, 0.6) is 0 Å². The zero-order valence-electron chi connectivity index (χ0n) is 18.1. The lowest BCUT2D eigenvalue weighted by molar-refractivity contribution is -0.154. The Morgan fingerprint density at radius 2 is 1.74 bits per heavy atom. The van der Waals surface area contributed by atoms with Crippen LogP contribution in [0.1, 0.15) is 46.0 Å². The molecule has 2 aliphatic rings. The number of rotatable bonds is 6. The maximum Gasteiger partial charge on any atom is 0.309 e. The summed E-state index contributed by atoms with van der Waals surface area (Å²) in [6.07, 6.45) is 3.95. The van der Waals surface area contributed by atoms with Crippen LogP contribution in [0.3, 0.4) is 0 Å². The van der Waals surface area contributed by atoms with E-state index in [-0.39, 0.29) is 36.5 Å². The highest BCUT2D eigenvalue weighted by molar-refractivity contribution is 7.89. The highest BCUT2D eigenvalue weighted by Crippen LogP contribution is 2.29. The van der Waals surface area contributed by atoms with Crippen molar-refractivity contribution in [2.75, 3.05) is 19.7 Å². The lowest BCUT2D eigenvalue weighted by Crippen LogP contribution is -2.45. The van der Waals surface area contributed by atoms with E-state index in [1.165, 1.54) is 22.9 Å². The lowest BCUT2D eigenvalue weighted by atomic mass is 9.78. The molecule has 3 atom stereocenters. The van der Waals surface area contributed by atoms with Gasteiger partial charge in [-0.15, -0.1) is 0 Å². The Hall–Kier alpha value is -1.64. The molecule has 9 heteroatoms. The van der Waals surface area contributed by atoms with Gasteiger partial charge in [0.25, 0.3) is 5.91 Å². The number of sulfonamides is 1. The number of carbonyl (C=O) groups is 2. The zero-order chi connectivity index (χ0) is 22.6. The first-order valence-corrected chi connectivity index (χ1v) is 12.7. The van der Waals surface area contributed by atoms with E-state index in [1.807, 2.05) is 0 Å². The third-order valence-electron chi connectivity index (χ3n) is 6.64. The maximum absolute atomic E-state index is 12.7. The van der Waals surface area contributed by atoms with Gasteiger partial charge in [-0.05, 0) is 55.4 Å². The molecule has 0 unspecified atom stereocenters. The Balaban J connectivity index is 1.45. The van der Waals surface area contributed by atoms with Gasteiger partial charge in [-0.25, -0.2) is 8.42 Å². The van der Waals surface area contributed by atoms with Crippen molar-refractivity contribution in [2.45, 2.75) is 56.9 Å². The van der Waals surface area contributed by atoms with E-state index in [1.54, 1.807) is 12.1 Å². The van der Waals surface area contributed by atoms with Crippen LogP contribution in [0, 0.1) is 17.8 Å². The second-order valence-electron chi connectivity index (χ2n) is 8.68. The van der Waals surface area contributed by atoms with Crippen molar-refractivity contribution in [2.24, 2.45) is 17.8 Å². The van der Waals surface area contributed by atoms with E-state index in [4.69, 9.17) is 16.3 Å². The van der Waals surface area contributed by atoms with Gasteiger partial charge in [0.15, 0.2) is 6.61 Å². The van der Waals surface area contributed by atoms with Gasteiger partial charge in [0.2, 0.25) is 10.0 Å². The summed E-state index contributed by atoms with van der Waals surface area (Å²) in [6, 6.07) is 6.16. The van der Waals surface area contributed by atoms with E-state index >= 15 is 0 Å². The van der Waals surface area contributed by atoms with Crippen molar-refractivity contribution in [1.82, 2.24) is 9.62 Å². The van der Waals surface area contributed by atoms with E-state index in [2.05, 4.69) is 19.2 Å². The SMILES string of the molecule is C[C@@H]1[C@H](C)CCC[C@H]1NC(=O)COC(=O)C1CCN(S(=O)(=O)c2ccc(Cl)cc2)CC1. The summed E-state index contributed by atoms with van der Waals surface area (Å²) >= 11 is 5.83. The molecule has 2 fully saturated rings. The Labute approximate surface area is 189 Å². The fraction of sp³-hybridized carbons (Fsp3) is 0.636. The van der Waals surface area contributed by atoms with Gasteiger partial charge in [-0.1, -0.05) is 38.3 Å². The molecule has 172 valence electrons. The molecule has 1 heterocycles. The Bertz CT molecular complexity index is 882. The van der Waals surface area contributed by atoms with Gasteiger partial charge in [0.1, 0.15) is 0 Å². The second-order valence-corrected chi connectivity index (χ2v) is 11.1. The molecule has 7 nitrogen and oxygen atoms in total. The van der Waals surface area contributed by atoms with Crippen LogP contribution in [-0.4, -0.2) is 50.3 Å². The molecule has 3 rings (SSSR count). The Morgan fingerprint density at radius 3 is 2.39 bits per heavy atom. The van der Waals surface area contributed by atoms with Gasteiger partial charge in [0.05, 0.1) is 10.8 Å². The number of hydrogen-bond donors (Lipinski definition) is 1. The standard InChI is InChI=1S/C22H31ClN2O5S/c1-15-4-3-5-20(16(15)2)24-21(26)14-30-22(27)17-10-12-25(13-11-17)31(28,29)19-8-6-18(23)7-9-19/h6-9,15-17,20H,3-5,10-14H2,1-2H3,(H,24,26)/t15-,16-,20-/m1/s1. The number of amides is 1. The van der Waals surface area contributed by atoms with Crippen LogP contribution < -0.4 is 5.32 Å². The Kier molecular flexibility index (Phi) is 7.99. The van der Waals surface area contributed by atoms with Crippen molar-refractivity contribution in [3.63, 3.8) is 0 Å². The number of hydrogen-bond acceptors (Lipinski definition) is 5. The molecular formula is C22H31ClN2O5S. The first-order valence-electron chi connectivity index (χ1n) is 10.9. The zero-order valence-corrected chi connectivity index (χ0v) is 19.6. The lowest BCUT2D eigenvalue weighted by Gasteiger charge is -2.34. The molecule has 31 heavy (non-hydrogen) atoms. The summed E-state index contributed by atoms with van der Waals surface area (Å²) < 4.78 is 32.1. The highest BCUT2D eigenvalue weighted by atomic mass is 35.5. The molecule has 1 aromatic carbocycles. The smallest absolute Gasteiger partial charge is 0.309 e. The summed E-state index contributed by atoms with van der Waals surface area (Å²) in [4.78, 5) is 24.8. The fourth-order valence-corrected chi connectivity index (χ4v) is 5.97. The topological polar surface area (TPSA) is 92.8 Å². The number of esters is 1. The minimum absolute atomic E-state index is 0.122. The van der Waals surface area contributed by atoms with Crippen LogP contribution in [0.4, 0.5) is 0 Å². The number of benzene rings is 1. The Morgan fingerprint density at radius 1 is 1.10 bits per heavy atom. The normalized spacial score (nSPS) is 25.7. The summed E-state index contributed by atoms with van der Waals surface area (Å²) in [7, 11) is -3.62. The van der Waals surface area contributed by atoms with Gasteiger partial charge in [-0.3, -0.25) is 9.59 Å². The molecule has 1 aliphatic carbocycles. The molecule has 1 amide bonds. The summed E-state index contributed by atoms with van der Waals surface area (Å²) in [5.74, 6) is -0.153. The van der Waals surface area contributed by atoms with Crippen molar-refractivity contribution in [1.29, 1.82) is 0 Å². The molecule has 1 aliphatic heterocycles. The van der Waals surface area contributed by atoms with Crippen LogP contribution in [-0.2, 0) is 24.3 Å².